The average Bonchev–Trinajstić information content (AvgIpc) is 2.29. The Morgan fingerprint density at radius 2 is 2.38 bits per heavy atom. The molecule has 96 valence electrons. The summed E-state index contributed by atoms with van der Waals surface area (Å²) >= 11 is 5.70. The molecule has 0 saturated carbocycles. The highest BCUT2D eigenvalue weighted by Gasteiger charge is 2.33. The molecule has 16 heavy (non-hydrogen) atoms. The summed E-state index contributed by atoms with van der Waals surface area (Å²) in [6, 6.07) is 0. The van der Waals surface area contributed by atoms with Crippen molar-refractivity contribution in [2.75, 3.05) is 45.3 Å². The maximum atomic E-state index is 12.4. The molecule has 0 radical (unpaired) electrons. The second kappa shape index (κ2) is 7.64. The highest BCUT2D eigenvalue weighted by molar-refractivity contribution is 7.54. The van der Waals surface area contributed by atoms with Crippen LogP contribution in [0.15, 0.2) is 0 Å². The maximum absolute atomic E-state index is 12.4. The van der Waals surface area contributed by atoms with Gasteiger partial charge in [-0.25, -0.2) is 9.76 Å². The van der Waals surface area contributed by atoms with Crippen molar-refractivity contribution in [3.63, 3.8) is 0 Å². The molecule has 7 heteroatoms. The summed E-state index contributed by atoms with van der Waals surface area (Å²) in [5, 5.41) is 2.95. The lowest BCUT2D eigenvalue weighted by Crippen LogP contribution is -2.36. The number of hydrogen-bond acceptors (Lipinski definition) is 3. The van der Waals surface area contributed by atoms with Crippen molar-refractivity contribution >= 4 is 19.3 Å². The molecule has 1 N–H and O–H groups in total. The summed E-state index contributed by atoms with van der Waals surface area (Å²) in [7, 11) is -2.86. The zero-order chi connectivity index (χ0) is 11.9. The Balaban J connectivity index is 2.49. The lowest BCUT2D eigenvalue weighted by Gasteiger charge is -2.33. The minimum Gasteiger partial charge on any atom is -0.380 e. The van der Waals surface area contributed by atoms with Crippen LogP contribution in [0, 0.1) is 0 Å². The SMILES string of the molecule is CCOCCN(CCCl)P1(=O)NCCCO1. The first-order chi connectivity index (χ1) is 7.73. The average molecular weight is 271 g/mol. The molecule has 1 fully saturated rings. The lowest BCUT2D eigenvalue weighted by molar-refractivity contribution is 0.127. The van der Waals surface area contributed by atoms with E-state index in [0.29, 0.717) is 38.8 Å². The molecule has 1 rings (SSSR count). The van der Waals surface area contributed by atoms with Gasteiger partial charge in [0.1, 0.15) is 0 Å². The molecule has 0 spiro atoms. The van der Waals surface area contributed by atoms with Gasteiger partial charge in [-0.3, -0.25) is 4.57 Å². The number of nitrogens with one attached hydrogen (secondary N) is 1. The second-order valence-electron chi connectivity index (χ2n) is 3.45. The van der Waals surface area contributed by atoms with Crippen molar-refractivity contribution in [1.29, 1.82) is 0 Å². The fourth-order valence-corrected chi connectivity index (χ4v) is 3.80. The molecule has 0 aromatic rings. The largest absolute Gasteiger partial charge is 0.380 e. The molecule has 1 saturated heterocycles. The first kappa shape index (κ1) is 14.4. The Morgan fingerprint density at radius 1 is 1.56 bits per heavy atom. The van der Waals surface area contributed by atoms with Crippen LogP contribution in [0.25, 0.3) is 0 Å². The third-order valence-corrected chi connectivity index (χ3v) is 4.78. The highest BCUT2D eigenvalue weighted by Crippen LogP contribution is 2.47. The van der Waals surface area contributed by atoms with E-state index in [9.17, 15) is 4.57 Å². The number of rotatable bonds is 7. The summed E-state index contributed by atoms with van der Waals surface area (Å²) in [4.78, 5) is 0. The number of alkyl halides is 1. The van der Waals surface area contributed by atoms with E-state index in [1.54, 1.807) is 4.67 Å². The summed E-state index contributed by atoms with van der Waals surface area (Å²) in [6.07, 6.45) is 0.893. The van der Waals surface area contributed by atoms with Crippen molar-refractivity contribution in [3.05, 3.63) is 0 Å². The molecule has 1 aliphatic heterocycles. The van der Waals surface area contributed by atoms with Gasteiger partial charge in [-0.2, -0.15) is 0 Å². The highest BCUT2D eigenvalue weighted by atomic mass is 35.5. The molecular weight excluding hydrogens is 251 g/mol. The molecule has 0 aromatic heterocycles. The molecule has 0 aromatic carbocycles. The minimum atomic E-state index is -2.86. The molecule has 0 amide bonds. The molecule has 0 bridgehead atoms. The van der Waals surface area contributed by atoms with Gasteiger partial charge in [0.05, 0.1) is 13.2 Å². The Morgan fingerprint density at radius 3 is 2.94 bits per heavy atom. The van der Waals surface area contributed by atoms with Gasteiger partial charge in [0.15, 0.2) is 0 Å². The van der Waals surface area contributed by atoms with Gasteiger partial charge in [0.25, 0.3) is 0 Å². The predicted molar refractivity (Wildman–Crippen MR) is 65.0 cm³/mol. The Hall–Kier alpha value is 0.360. The molecule has 0 aliphatic carbocycles. The van der Waals surface area contributed by atoms with Crippen LogP contribution < -0.4 is 5.09 Å². The van der Waals surface area contributed by atoms with Gasteiger partial charge in [-0.05, 0) is 13.3 Å². The van der Waals surface area contributed by atoms with E-state index in [4.69, 9.17) is 20.9 Å². The van der Waals surface area contributed by atoms with E-state index in [-0.39, 0.29) is 0 Å². The topological polar surface area (TPSA) is 50.8 Å². The Labute approximate surface area is 102 Å². The molecule has 1 aliphatic rings. The van der Waals surface area contributed by atoms with E-state index in [1.165, 1.54) is 0 Å². The van der Waals surface area contributed by atoms with Gasteiger partial charge < -0.3 is 9.26 Å². The van der Waals surface area contributed by atoms with E-state index >= 15 is 0 Å². The molecule has 1 unspecified atom stereocenters. The van der Waals surface area contributed by atoms with Gasteiger partial charge in [-0.1, -0.05) is 0 Å². The minimum absolute atomic E-state index is 0.432. The Bertz CT molecular complexity index is 233. The zero-order valence-electron chi connectivity index (χ0n) is 9.65. The van der Waals surface area contributed by atoms with Crippen LogP contribution in [0.1, 0.15) is 13.3 Å². The van der Waals surface area contributed by atoms with Gasteiger partial charge in [0, 0.05) is 32.1 Å². The number of ether oxygens (including phenoxy) is 1. The van der Waals surface area contributed by atoms with Crippen molar-refractivity contribution in [3.8, 4) is 0 Å². The Kier molecular flexibility index (Phi) is 6.89. The predicted octanol–water partition coefficient (Wildman–Crippen LogP) is 1.68. The molecular formula is C9H20ClN2O3P. The first-order valence-corrected chi connectivity index (χ1v) is 7.73. The van der Waals surface area contributed by atoms with Crippen molar-refractivity contribution in [1.82, 2.24) is 9.76 Å². The van der Waals surface area contributed by atoms with Crippen LogP contribution in [-0.4, -0.2) is 50.0 Å². The van der Waals surface area contributed by atoms with Gasteiger partial charge in [0.2, 0.25) is 0 Å². The first-order valence-electron chi connectivity index (χ1n) is 5.62. The third kappa shape index (κ3) is 4.32. The summed E-state index contributed by atoms with van der Waals surface area (Å²) in [5.41, 5.74) is 0. The van der Waals surface area contributed by atoms with E-state index < -0.39 is 7.67 Å². The van der Waals surface area contributed by atoms with E-state index in [0.717, 1.165) is 13.0 Å². The van der Waals surface area contributed by atoms with E-state index in [1.807, 2.05) is 6.92 Å². The fourth-order valence-electron chi connectivity index (χ4n) is 1.50. The third-order valence-electron chi connectivity index (χ3n) is 2.31. The van der Waals surface area contributed by atoms with E-state index in [2.05, 4.69) is 5.09 Å². The monoisotopic (exact) mass is 270 g/mol. The zero-order valence-corrected chi connectivity index (χ0v) is 11.3. The standard InChI is InChI=1S/C9H20ClN2O3P/c1-2-14-9-7-12(6-4-10)16(13)11-5-3-8-15-16/h2-9H2,1H3,(H,11,13). The van der Waals surface area contributed by atoms with Crippen molar-refractivity contribution in [2.45, 2.75) is 13.3 Å². The maximum Gasteiger partial charge on any atom is 0.343 e. The molecule has 1 atom stereocenters. The number of halogens is 1. The summed E-state index contributed by atoms with van der Waals surface area (Å²) in [5.74, 6) is 0.432. The normalized spacial score (nSPS) is 26.2. The van der Waals surface area contributed by atoms with Crippen LogP contribution in [0.5, 0.6) is 0 Å². The summed E-state index contributed by atoms with van der Waals surface area (Å²) < 4.78 is 24.8. The van der Waals surface area contributed by atoms with Gasteiger partial charge in [-0.15, -0.1) is 11.6 Å². The van der Waals surface area contributed by atoms with Crippen LogP contribution in [-0.2, 0) is 13.8 Å². The second-order valence-corrected chi connectivity index (χ2v) is 6.01. The van der Waals surface area contributed by atoms with Gasteiger partial charge >= 0.3 is 7.67 Å². The van der Waals surface area contributed by atoms with Crippen LogP contribution in [0.3, 0.4) is 0 Å². The smallest absolute Gasteiger partial charge is 0.343 e. The van der Waals surface area contributed by atoms with Crippen LogP contribution in [0.4, 0.5) is 0 Å². The van der Waals surface area contributed by atoms with Crippen LogP contribution in [0.2, 0.25) is 0 Å². The molecule has 5 nitrogen and oxygen atoms in total. The van der Waals surface area contributed by atoms with Crippen LogP contribution >= 0.6 is 19.3 Å². The quantitative estimate of drug-likeness (QED) is 0.433. The summed E-state index contributed by atoms with van der Waals surface area (Å²) in [6.45, 7) is 5.52. The van der Waals surface area contributed by atoms with Crippen molar-refractivity contribution < 1.29 is 13.8 Å². The lowest BCUT2D eigenvalue weighted by atomic mass is 10.5. The molecule has 1 heterocycles. The van der Waals surface area contributed by atoms with Crippen molar-refractivity contribution in [2.24, 2.45) is 0 Å². The fraction of sp³-hybridized carbons (Fsp3) is 1.00. The number of hydrogen-bond donors (Lipinski definition) is 1. The number of nitrogens with zero attached hydrogens (tertiary/aromatic N) is 1.